The van der Waals surface area contributed by atoms with Gasteiger partial charge in [0.05, 0.1) is 12.7 Å². The lowest BCUT2D eigenvalue weighted by Crippen LogP contribution is -2.10. The first kappa shape index (κ1) is 22.2. The van der Waals surface area contributed by atoms with Crippen LogP contribution in [0.15, 0.2) is 78.9 Å². The normalized spacial score (nSPS) is 10.7. The average Bonchev–Trinajstić information content (AvgIpc) is 2.81. The molecule has 3 rings (SSSR count). The van der Waals surface area contributed by atoms with Gasteiger partial charge in [0.15, 0.2) is 0 Å². The molecule has 31 heavy (non-hydrogen) atoms. The van der Waals surface area contributed by atoms with E-state index >= 15 is 0 Å². The van der Waals surface area contributed by atoms with Gasteiger partial charge < -0.3 is 9.64 Å². The number of nitriles is 1. The van der Waals surface area contributed by atoms with Crippen LogP contribution in [0.25, 0.3) is 6.08 Å². The number of benzene rings is 3. The zero-order valence-electron chi connectivity index (χ0n) is 18.4. The maximum absolute atomic E-state index is 8.75. The minimum Gasteiger partial charge on any atom is -0.494 e. The molecule has 0 unspecified atom stereocenters. The molecule has 0 atom stereocenters. The predicted octanol–water partition coefficient (Wildman–Crippen LogP) is 7.96. The van der Waals surface area contributed by atoms with E-state index in [0.29, 0.717) is 0 Å². The van der Waals surface area contributed by atoms with E-state index in [1.54, 1.807) is 0 Å². The highest BCUT2D eigenvalue weighted by atomic mass is 16.5. The molecule has 3 aromatic carbocycles. The maximum Gasteiger partial charge on any atom is 0.119 e. The summed E-state index contributed by atoms with van der Waals surface area (Å²) < 4.78 is 5.92. The molecule has 0 aromatic heterocycles. The van der Waals surface area contributed by atoms with Gasteiger partial charge in [-0.25, -0.2) is 0 Å². The van der Waals surface area contributed by atoms with Gasteiger partial charge in [0.25, 0.3) is 0 Å². The number of ether oxygens (including phenoxy) is 1. The van der Waals surface area contributed by atoms with Gasteiger partial charge in [-0.3, -0.25) is 0 Å². The highest BCUT2D eigenvalue weighted by Gasteiger charge is 2.12. The van der Waals surface area contributed by atoms with Crippen molar-refractivity contribution in [2.45, 2.75) is 39.5 Å². The first-order valence-corrected chi connectivity index (χ1v) is 11.0. The van der Waals surface area contributed by atoms with Crippen LogP contribution in [-0.4, -0.2) is 6.61 Å². The molecule has 0 fully saturated rings. The quantitative estimate of drug-likeness (QED) is 0.251. The van der Waals surface area contributed by atoms with E-state index in [-0.39, 0.29) is 0 Å². The SMILES string of the molecule is CCCCCCOc1ccc(N(c2ccc(C)cc2)c2ccc(/C=C/C#N)cc2)cc1. The van der Waals surface area contributed by atoms with E-state index in [2.05, 4.69) is 67.3 Å². The third kappa shape index (κ3) is 6.49. The molecule has 3 nitrogen and oxygen atoms in total. The van der Waals surface area contributed by atoms with Crippen molar-refractivity contribution in [1.29, 1.82) is 5.26 Å². The number of allylic oxidation sites excluding steroid dienone is 1. The van der Waals surface area contributed by atoms with Gasteiger partial charge in [0, 0.05) is 23.1 Å². The molecule has 0 radical (unpaired) electrons. The third-order valence-corrected chi connectivity index (χ3v) is 5.16. The number of anilines is 3. The van der Waals surface area contributed by atoms with Gasteiger partial charge >= 0.3 is 0 Å². The fourth-order valence-corrected chi connectivity index (χ4v) is 3.42. The molecule has 0 saturated heterocycles. The summed E-state index contributed by atoms with van der Waals surface area (Å²) in [7, 11) is 0. The second-order valence-corrected chi connectivity index (χ2v) is 7.63. The molecule has 0 aliphatic rings. The molecular formula is C28H30N2O. The van der Waals surface area contributed by atoms with Crippen LogP contribution >= 0.6 is 0 Å². The molecule has 0 heterocycles. The summed E-state index contributed by atoms with van der Waals surface area (Å²) in [4.78, 5) is 2.22. The van der Waals surface area contributed by atoms with Crippen LogP contribution in [0.5, 0.6) is 5.75 Å². The van der Waals surface area contributed by atoms with Crippen molar-refractivity contribution in [3.63, 3.8) is 0 Å². The Morgan fingerprint density at radius 1 is 0.806 bits per heavy atom. The minimum atomic E-state index is 0.763. The standard InChI is InChI=1S/C28H30N2O/c1-3-4-5-6-22-31-28-19-17-27(18-20-28)30(25-13-9-23(2)10-14-25)26-15-11-24(12-16-26)8-7-21-29/h7-20H,3-6,22H2,1-2H3/b8-7+. The van der Waals surface area contributed by atoms with Crippen LogP contribution < -0.4 is 9.64 Å². The van der Waals surface area contributed by atoms with Crippen molar-refractivity contribution < 1.29 is 4.74 Å². The van der Waals surface area contributed by atoms with Crippen molar-refractivity contribution in [3.8, 4) is 11.8 Å². The molecule has 0 N–H and O–H groups in total. The molecule has 3 heteroatoms. The van der Waals surface area contributed by atoms with Gasteiger partial charge in [0.2, 0.25) is 0 Å². The lowest BCUT2D eigenvalue weighted by Gasteiger charge is -2.26. The molecule has 0 saturated carbocycles. The lowest BCUT2D eigenvalue weighted by atomic mass is 10.1. The van der Waals surface area contributed by atoms with Crippen molar-refractivity contribution >= 4 is 23.1 Å². The summed E-state index contributed by atoms with van der Waals surface area (Å²) in [5.41, 5.74) is 5.46. The Morgan fingerprint density at radius 2 is 1.39 bits per heavy atom. The lowest BCUT2D eigenvalue weighted by molar-refractivity contribution is 0.305. The second-order valence-electron chi connectivity index (χ2n) is 7.63. The van der Waals surface area contributed by atoms with Crippen molar-refractivity contribution in [1.82, 2.24) is 0 Å². The summed E-state index contributed by atoms with van der Waals surface area (Å²) in [5.74, 6) is 0.904. The zero-order valence-corrected chi connectivity index (χ0v) is 18.4. The molecule has 0 aliphatic carbocycles. The van der Waals surface area contributed by atoms with Gasteiger partial charge in [-0.2, -0.15) is 5.26 Å². The van der Waals surface area contributed by atoms with Gasteiger partial charge in [-0.1, -0.05) is 56.0 Å². The Hall–Kier alpha value is -3.51. The zero-order chi connectivity index (χ0) is 21.9. The van der Waals surface area contributed by atoms with Crippen LogP contribution in [0.1, 0.15) is 43.7 Å². The Kier molecular flexibility index (Phi) is 8.31. The number of hydrogen-bond donors (Lipinski definition) is 0. The summed E-state index contributed by atoms with van der Waals surface area (Å²) in [6.45, 7) is 5.08. The van der Waals surface area contributed by atoms with Gasteiger partial charge in [-0.05, 0) is 73.5 Å². The largest absolute Gasteiger partial charge is 0.494 e. The molecule has 0 aliphatic heterocycles. The number of nitrogens with zero attached hydrogens (tertiary/aromatic N) is 2. The molecule has 3 aromatic rings. The monoisotopic (exact) mass is 410 g/mol. The number of aryl methyl sites for hydroxylation is 1. The Morgan fingerprint density at radius 3 is 1.97 bits per heavy atom. The average molecular weight is 411 g/mol. The summed E-state index contributed by atoms with van der Waals surface area (Å²) in [6, 6.07) is 27.1. The highest BCUT2D eigenvalue weighted by molar-refractivity contribution is 5.77. The molecule has 0 amide bonds. The van der Waals surface area contributed by atoms with Crippen molar-refractivity contribution in [2.24, 2.45) is 0 Å². The van der Waals surface area contributed by atoms with Crippen LogP contribution in [0.3, 0.4) is 0 Å². The predicted molar refractivity (Wildman–Crippen MR) is 130 cm³/mol. The fraction of sp³-hybridized carbons (Fsp3) is 0.250. The Bertz CT molecular complexity index is 997. The summed E-state index contributed by atoms with van der Waals surface area (Å²) in [5, 5.41) is 8.75. The Balaban J connectivity index is 1.82. The van der Waals surface area contributed by atoms with E-state index < -0.39 is 0 Å². The highest BCUT2D eigenvalue weighted by Crippen LogP contribution is 2.35. The van der Waals surface area contributed by atoms with E-state index in [9.17, 15) is 0 Å². The Labute approximate surface area is 186 Å². The molecular weight excluding hydrogens is 380 g/mol. The van der Waals surface area contributed by atoms with Crippen LogP contribution in [0.4, 0.5) is 17.1 Å². The van der Waals surface area contributed by atoms with E-state index in [1.165, 1.54) is 30.9 Å². The maximum atomic E-state index is 8.75. The first-order valence-electron chi connectivity index (χ1n) is 11.0. The summed E-state index contributed by atoms with van der Waals surface area (Å²) >= 11 is 0. The molecule has 0 bridgehead atoms. The molecule has 0 spiro atoms. The number of unbranched alkanes of at least 4 members (excludes halogenated alkanes) is 3. The topological polar surface area (TPSA) is 36.3 Å². The van der Waals surface area contributed by atoms with E-state index in [0.717, 1.165) is 41.4 Å². The minimum absolute atomic E-state index is 0.763. The molecule has 158 valence electrons. The van der Waals surface area contributed by atoms with Gasteiger partial charge in [0.1, 0.15) is 5.75 Å². The first-order chi connectivity index (χ1) is 15.2. The smallest absolute Gasteiger partial charge is 0.119 e. The number of hydrogen-bond acceptors (Lipinski definition) is 3. The van der Waals surface area contributed by atoms with E-state index in [1.807, 2.05) is 36.4 Å². The second kappa shape index (κ2) is 11.6. The van der Waals surface area contributed by atoms with E-state index in [4.69, 9.17) is 10.00 Å². The van der Waals surface area contributed by atoms with Crippen molar-refractivity contribution in [2.75, 3.05) is 11.5 Å². The summed E-state index contributed by atoms with van der Waals surface area (Å²) in [6.07, 6.45) is 8.12. The number of rotatable bonds is 10. The van der Waals surface area contributed by atoms with Gasteiger partial charge in [-0.15, -0.1) is 0 Å². The van der Waals surface area contributed by atoms with Crippen LogP contribution in [-0.2, 0) is 0 Å². The van der Waals surface area contributed by atoms with Crippen LogP contribution in [0, 0.1) is 18.3 Å². The fourth-order valence-electron chi connectivity index (χ4n) is 3.42. The third-order valence-electron chi connectivity index (χ3n) is 5.16. The van der Waals surface area contributed by atoms with Crippen molar-refractivity contribution in [3.05, 3.63) is 90.0 Å². The van der Waals surface area contributed by atoms with Crippen LogP contribution in [0.2, 0.25) is 0 Å².